The Morgan fingerprint density at radius 3 is 2.69 bits per heavy atom. The second kappa shape index (κ2) is 5.57. The summed E-state index contributed by atoms with van der Waals surface area (Å²) in [5.74, 6) is 4.74. The summed E-state index contributed by atoms with van der Waals surface area (Å²) in [5, 5.41) is 9.45. The number of nitrogens with zero attached hydrogens (tertiary/aromatic N) is 1. The van der Waals surface area contributed by atoms with Crippen LogP contribution in [-0.2, 0) is 4.79 Å². The van der Waals surface area contributed by atoms with Crippen molar-refractivity contribution in [1.82, 2.24) is 0 Å². The van der Waals surface area contributed by atoms with Crippen molar-refractivity contribution in [2.24, 2.45) is 52.8 Å². The summed E-state index contributed by atoms with van der Waals surface area (Å²) in [6.45, 7) is 9.39. The molecule has 0 aromatic rings. The molecule has 4 saturated carbocycles. The molecule has 0 aromatic carbocycles. The van der Waals surface area contributed by atoms with E-state index in [1.165, 1.54) is 43.3 Å². The summed E-state index contributed by atoms with van der Waals surface area (Å²) in [4.78, 5) is 12.3. The molecule has 0 aliphatic heterocycles. The molecule has 0 spiro atoms. The largest absolute Gasteiger partial charge is 0.293 e. The van der Waals surface area contributed by atoms with Crippen LogP contribution in [0.4, 0.5) is 0 Å². The first kappa shape index (κ1) is 16.8. The predicted octanol–water partition coefficient (Wildman–Crippen LogP) is 5.32. The maximum atomic E-state index is 12.3. The molecule has 0 N–H and O–H groups in total. The standard InChI is InChI=1S/C24H31NO/c1-13-8-21-23-18(6-7-24(21,3)14(13)2)19-10-17(12-25)22(26)11-16(19)9-20(23)15-4-5-15/h11,14-15,17-21,23H,1,4-10H2,2-3H3/t14-,17?,18-,19+,20+,21+,23+,24-/m1/s1. The van der Waals surface area contributed by atoms with Gasteiger partial charge in [-0.15, -0.1) is 0 Å². The molecule has 1 unspecified atom stereocenters. The molecular weight excluding hydrogens is 318 g/mol. The molecule has 2 heteroatoms. The van der Waals surface area contributed by atoms with Crippen LogP contribution in [-0.4, -0.2) is 5.78 Å². The maximum absolute atomic E-state index is 12.3. The van der Waals surface area contributed by atoms with Crippen molar-refractivity contribution in [1.29, 1.82) is 5.26 Å². The number of hydrogen-bond acceptors (Lipinski definition) is 2. The Morgan fingerprint density at radius 1 is 1.23 bits per heavy atom. The number of ketones is 1. The highest BCUT2D eigenvalue weighted by molar-refractivity contribution is 5.95. The summed E-state index contributed by atoms with van der Waals surface area (Å²) in [6.07, 6.45) is 10.4. The van der Waals surface area contributed by atoms with Gasteiger partial charge in [0.1, 0.15) is 5.92 Å². The quantitative estimate of drug-likeness (QED) is 0.601. The average molecular weight is 350 g/mol. The first-order chi connectivity index (χ1) is 12.4. The average Bonchev–Trinajstić information content (AvgIpc) is 3.43. The van der Waals surface area contributed by atoms with Crippen LogP contribution in [0, 0.1) is 64.1 Å². The molecule has 5 aliphatic carbocycles. The second-order valence-corrected chi connectivity index (χ2v) is 10.3. The van der Waals surface area contributed by atoms with E-state index in [1.54, 1.807) is 0 Å². The SMILES string of the molecule is C=C1C[C@H]2[C@H]3[C@H](CC[C@]2(C)[C@@H]1C)[C@H]1CC(C#N)C(=O)C=C1C[C@H]3C1CC1. The fourth-order valence-corrected chi connectivity index (χ4v) is 7.61. The zero-order valence-electron chi connectivity index (χ0n) is 16.2. The van der Waals surface area contributed by atoms with Crippen LogP contribution in [0.2, 0.25) is 0 Å². The van der Waals surface area contributed by atoms with Crippen molar-refractivity contribution < 1.29 is 4.79 Å². The number of hydrogen-bond donors (Lipinski definition) is 0. The topological polar surface area (TPSA) is 40.9 Å². The highest BCUT2D eigenvalue weighted by Crippen LogP contribution is 2.68. The molecule has 2 nitrogen and oxygen atoms in total. The minimum atomic E-state index is -0.396. The van der Waals surface area contributed by atoms with Crippen LogP contribution in [0.5, 0.6) is 0 Å². The van der Waals surface area contributed by atoms with E-state index in [1.807, 2.05) is 6.08 Å². The molecule has 0 heterocycles. The van der Waals surface area contributed by atoms with Gasteiger partial charge in [-0.25, -0.2) is 0 Å². The van der Waals surface area contributed by atoms with E-state index in [2.05, 4.69) is 26.5 Å². The summed E-state index contributed by atoms with van der Waals surface area (Å²) in [7, 11) is 0. The zero-order valence-corrected chi connectivity index (χ0v) is 16.2. The first-order valence-corrected chi connectivity index (χ1v) is 10.8. The minimum Gasteiger partial charge on any atom is -0.293 e. The molecule has 5 rings (SSSR count). The Balaban J connectivity index is 1.55. The number of rotatable bonds is 1. The van der Waals surface area contributed by atoms with Crippen LogP contribution in [0.3, 0.4) is 0 Å². The van der Waals surface area contributed by atoms with Crippen LogP contribution in [0.15, 0.2) is 23.8 Å². The Kier molecular flexibility index (Phi) is 3.60. The van der Waals surface area contributed by atoms with Gasteiger partial charge in [0.15, 0.2) is 5.78 Å². The van der Waals surface area contributed by atoms with Gasteiger partial charge in [0.25, 0.3) is 0 Å². The zero-order chi connectivity index (χ0) is 18.2. The smallest absolute Gasteiger partial charge is 0.172 e. The molecular formula is C24H31NO. The van der Waals surface area contributed by atoms with Crippen LogP contribution >= 0.6 is 0 Å². The normalized spacial score (nSPS) is 50.3. The van der Waals surface area contributed by atoms with Crippen LogP contribution in [0.25, 0.3) is 0 Å². The van der Waals surface area contributed by atoms with E-state index in [9.17, 15) is 10.1 Å². The Hall–Kier alpha value is -1.36. The van der Waals surface area contributed by atoms with Gasteiger partial charge >= 0.3 is 0 Å². The monoisotopic (exact) mass is 349 g/mol. The fourth-order valence-electron chi connectivity index (χ4n) is 7.61. The highest BCUT2D eigenvalue weighted by atomic mass is 16.1. The van der Waals surface area contributed by atoms with Gasteiger partial charge in [0.05, 0.1) is 6.07 Å². The molecule has 0 bridgehead atoms. The Labute approximate surface area is 157 Å². The van der Waals surface area contributed by atoms with E-state index in [0.717, 1.165) is 36.5 Å². The summed E-state index contributed by atoms with van der Waals surface area (Å²) < 4.78 is 0. The van der Waals surface area contributed by atoms with Crippen molar-refractivity contribution in [3.63, 3.8) is 0 Å². The maximum Gasteiger partial charge on any atom is 0.172 e. The van der Waals surface area contributed by atoms with Crippen molar-refractivity contribution in [3.05, 3.63) is 23.8 Å². The molecule has 5 aliphatic rings. The molecule has 8 atom stereocenters. The van der Waals surface area contributed by atoms with Gasteiger partial charge in [0, 0.05) is 0 Å². The van der Waals surface area contributed by atoms with E-state index in [-0.39, 0.29) is 5.78 Å². The third-order valence-electron chi connectivity index (χ3n) is 9.41. The van der Waals surface area contributed by atoms with E-state index >= 15 is 0 Å². The lowest BCUT2D eigenvalue weighted by atomic mass is 9.48. The minimum absolute atomic E-state index is 0.0789. The lowest BCUT2D eigenvalue weighted by Crippen LogP contribution is -2.50. The van der Waals surface area contributed by atoms with Gasteiger partial charge in [-0.05, 0) is 97.9 Å². The lowest BCUT2D eigenvalue weighted by Gasteiger charge is -2.57. The van der Waals surface area contributed by atoms with Gasteiger partial charge in [-0.3, -0.25) is 4.79 Å². The van der Waals surface area contributed by atoms with Crippen molar-refractivity contribution in [2.45, 2.75) is 58.8 Å². The van der Waals surface area contributed by atoms with Crippen LogP contribution in [0.1, 0.15) is 58.8 Å². The number of nitriles is 1. The van der Waals surface area contributed by atoms with E-state index in [0.29, 0.717) is 23.2 Å². The third kappa shape index (κ3) is 2.19. The molecule has 26 heavy (non-hydrogen) atoms. The summed E-state index contributed by atoms with van der Waals surface area (Å²) >= 11 is 0. The molecule has 138 valence electrons. The lowest BCUT2D eigenvalue weighted by molar-refractivity contribution is -0.119. The second-order valence-electron chi connectivity index (χ2n) is 10.3. The van der Waals surface area contributed by atoms with Crippen molar-refractivity contribution in [3.8, 4) is 6.07 Å². The Bertz CT molecular complexity index is 738. The molecule has 4 fully saturated rings. The highest BCUT2D eigenvalue weighted by Gasteiger charge is 2.60. The first-order valence-electron chi connectivity index (χ1n) is 10.8. The number of carbonyl (C=O) groups is 1. The summed E-state index contributed by atoms with van der Waals surface area (Å²) in [5.41, 5.74) is 3.31. The van der Waals surface area contributed by atoms with Gasteiger partial charge in [-0.2, -0.15) is 5.26 Å². The van der Waals surface area contributed by atoms with Gasteiger partial charge in [-0.1, -0.05) is 31.6 Å². The molecule has 0 saturated heterocycles. The fraction of sp³-hybridized carbons (Fsp3) is 0.750. The van der Waals surface area contributed by atoms with Gasteiger partial charge in [0.2, 0.25) is 0 Å². The number of allylic oxidation sites excluding steroid dienone is 2. The van der Waals surface area contributed by atoms with E-state index in [4.69, 9.17) is 0 Å². The van der Waals surface area contributed by atoms with Crippen molar-refractivity contribution >= 4 is 5.78 Å². The van der Waals surface area contributed by atoms with Gasteiger partial charge < -0.3 is 0 Å². The van der Waals surface area contributed by atoms with Crippen LogP contribution < -0.4 is 0 Å². The molecule has 0 amide bonds. The number of fused-ring (bicyclic) bond motifs is 5. The molecule has 0 aromatic heterocycles. The van der Waals surface area contributed by atoms with Crippen molar-refractivity contribution in [2.75, 3.05) is 0 Å². The van der Waals surface area contributed by atoms with E-state index < -0.39 is 5.92 Å². The molecule has 0 radical (unpaired) electrons. The summed E-state index contributed by atoms with van der Waals surface area (Å²) in [6, 6.07) is 2.29. The third-order valence-corrected chi connectivity index (χ3v) is 9.41. The predicted molar refractivity (Wildman–Crippen MR) is 102 cm³/mol. The Morgan fingerprint density at radius 2 is 2.00 bits per heavy atom. The number of carbonyl (C=O) groups excluding carboxylic acids is 1.